The van der Waals surface area contributed by atoms with Gasteiger partial charge in [-0.1, -0.05) is 6.07 Å². The zero-order valence-electron chi connectivity index (χ0n) is 19.8. The van der Waals surface area contributed by atoms with Crippen LogP contribution in [-0.4, -0.2) is 67.9 Å². The molecule has 34 heavy (non-hydrogen) atoms. The van der Waals surface area contributed by atoms with Gasteiger partial charge in [0.25, 0.3) is 0 Å². The molecule has 1 unspecified atom stereocenters. The van der Waals surface area contributed by atoms with Crippen LogP contribution >= 0.6 is 0 Å². The molecule has 3 aliphatic rings. The second-order valence-electron chi connectivity index (χ2n) is 9.07. The predicted molar refractivity (Wildman–Crippen MR) is 123 cm³/mol. The summed E-state index contributed by atoms with van der Waals surface area (Å²) < 4.78 is 17.3. The Labute approximate surface area is 217 Å². The normalized spacial score (nSPS) is 23.9. The maximum absolute atomic E-state index is 13.4. The predicted octanol–water partition coefficient (Wildman–Crippen LogP) is 0.206. The Morgan fingerprint density at radius 2 is 1.97 bits per heavy atom. The van der Waals surface area contributed by atoms with Crippen LogP contribution in [-0.2, 0) is 14.3 Å². The van der Waals surface area contributed by atoms with E-state index in [0.29, 0.717) is 35.2 Å². The van der Waals surface area contributed by atoms with Crippen molar-refractivity contribution in [3.05, 3.63) is 53.7 Å². The topological polar surface area (TPSA) is 86.8 Å². The fourth-order valence-corrected chi connectivity index (χ4v) is 4.78. The number of quaternary nitrogens is 1. The molecule has 0 amide bonds. The van der Waals surface area contributed by atoms with Gasteiger partial charge in [-0.3, -0.25) is 0 Å². The maximum Gasteiger partial charge on any atom is 0.338 e. The zero-order valence-corrected chi connectivity index (χ0v) is 22.0. The molecular weight excluding hydrogens is 549 g/mol. The van der Waals surface area contributed by atoms with E-state index in [1.807, 2.05) is 0 Å². The first kappa shape index (κ1) is 26.2. The molecule has 2 atom stereocenters. The second kappa shape index (κ2) is 11.4. The van der Waals surface area contributed by atoms with Crippen molar-refractivity contribution in [3.63, 3.8) is 0 Å². The molecular formula is C25H32IN3O5. The average molecular weight is 581 g/mol. The van der Waals surface area contributed by atoms with Gasteiger partial charge in [0.1, 0.15) is 6.54 Å². The number of hydrogen-bond donors (Lipinski definition) is 1. The highest BCUT2D eigenvalue weighted by Crippen LogP contribution is 2.35. The van der Waals surface area contributed by atoms with Crippen molar-refractivity contribution in [3.8, 4) is 5.88 Å². The molecule has 2 bridgehead atoms. The summed E-state index contributed by atoms with van der Waals surface area (Å²) in [6, 6.07) is 9.65. The van der Waals surface area contributed by atoms with Gasteiger partial charge in [0.2, 0.25) is 5.88 Å². The quantitative estimate of drug-likeness (QED) is 0.271. The van der Waals surface area contributed by atoms with Gasteiger partial charge in [0, 0.05) is 42.3 Å². The van der Waals surface area contributed by atoms with Crippen LogP contribution in [0.5, 0.6) is 5.88 Å². The van der Waals surface area contributed by atoms with Crippen LogP contribution in [0.1, 0.15) is 41.7 Å². The van der Waals surface area contributed by atoms with Crippen molar-refractivity contribution in [1.29, 1.82) is 0 Å². The molecule has 1 N–H and O–H groups in total. The number of anilines is 1. The van der Waals surface area contributed by atoms with Crippen LogP contribution in [0.3, 0.4) is 0 Å². The number of likely N-dealkylation sites (N-methyl/N-ethyl adjacent to an activating group) is 1. The average Bonchev–Trinajstić information content (AvgIpc) is 2.83. The highest BCUT2D eigenvalue weighted by molar-refractivity contribution is 5.91. The number of ether oxygens (including phenoxy) is 3. The van der Waals surface area contributed by atoms with Crippen molar-refractivity contribution >= 4 is 17.6 Å². The molecule has 3 saturated heterocycles. The lowest BCUT2D eigenvalue weighted by molar-refractivity contribution is -0.928. The molecule has 0 radical (unpaired) electrons. The van der Waals surface area contributed by atoms with Crippen molar-refractivity contribution in [2.45, 2.75) is 31.9 Å². The molecule has 184 valence electrons. The first-order valence-electron chi connectivity index (χ1n) is 11.5. The third kappa shape index (κ3) is 5.99. The third-order valence-corrected chi connectivity index (χ3v) is 6.72. The fourth-order valence-electron chi connectivity index (χ4n) is 4.78. The fraction of sp³-hybridized carbons (Fsp3) is 0.480. The Bertz CT molecular complexity index is 992. The molecule has 1 aromatic heterocycles. The first-order chi connectivity index (χ1) is 15.9. The summed E-state index contributed by atoms with van der Waals surface area (Å²) in [7, 11) is 3.78. The van der Waals surface area contributed by atoms with E-state index in [-0.39, 0.29) is 36.0 Å². The van der Waals surface area contributed by atoms with Crippen molar-refractivity contribution in [2.75, 3.05) is 45.7 Å². The summed E-state index contributed by atoms with van der Waals surface area (Å²) in [5.74, 6) is 0.116. The molecule has 4 heterocycles. The Balaban J connectivity index is 0.00000324. The summed E-state index contributed by atoms with van der Waals surface area (Å²) in [5, 5.41) is 3.24. The highest BCUT2D eigenvalue weighted by Gasteiger charge is 2.45. The summed E-state index contributed by atoms with van der Waals surface area (Å²) in [6.45, 7) is 5.19. The SMILES string of the molecule is CCOC(=O)c1cccc(NC(C(=O)O[C@H]2C[N+]3(C)CCC2CC3)c2ccc(OC)nc2)c1.[I-]. The zero-order chi connectivity index (χ0) is 23.4. The van der Waals surface area contributed by atoms with Gasteiger partial charge >= 0.3 is 11.9 Å². The number of methoxy groups -OCH3 is 1. The van der Waals surface area contributed by atoms with E-state index in [1.54, 1.807) is 56.6 Å². The summed E-state index contributed by atoms with van der Waals surface area (Å²) in [5.41, 5.74) is 1.69. The number of carbonyl (C=O) groups excluding carboxylic acids is 2. The van der Waals surface area contributed by atoms with Crippen LogP contribution in [0.15, 0.2) is 42.6 Å². The molecule has 1 aromatic carbocycles. The molecule has 5 rings (SSSR count). The van der Waals surface area contributed by atoms with E-state index in [2.05, 4.69) is 17.3 Å². The highest BCUT2D eigenvalue weighted by atomic mass is 127. The Hall–Kier alpha value is -2.40. The number of carbonyl (C=O) groups is 2. The monoisotopic (exact) mass is 581 g/mol. The van der Waals surface area contributed by atoms with Crippen molar-refractivity contribution < 1.29 is 52.3 Å². The number of nitrogens with one attached hydrogen (secondary N) is 1. The Kier molecular flexibility index (Phi) is 8.75. The third-order valence-electron chi connectivity index (χ3n) is 6.72. The number of fused-ring (bicyclic) bond motifs is 3. The number of rotatable bonds is 8. The van der Waals surface area contributed by atoms with E-state index < -0.39 is 12.0 Å². The van der Waals surface area contributed by atoms with Gasteiger partial charge in [-0.2, -0.15) is 0 Å². The minimum atomic E-state index is -0.776. The molecule has 0 saturated carbocycles. The maximum atomic E-state index is 13.4. The molecule has 8 nitrogen and oxygen atoms in total. The van der Waals surface area contributed by atoms with Crippen LogP contribution in [0.25, 0.3) is 0 Å². The van der Waals surface area contributed by atoms with Crippen LogP contribution in [0.2, 0.25) is 0 Å². The number of piperidine rings is 3. The van der Waals surface area contributed by atoms with Crippen LogP contribution in [0, 0.1) is 5.92 Å². The van der Waals surface area contributed by atoms with Crippen LogP contribution < -0.4 is 34.0 Å². The number of hydrogen-bond acceptors (Lipinski definition) is 7. The van der Waals surface area contributed by atoms with Gasteiger partial charge in [-0.25, -0.2) is 14.6 Å². The minimum Gasteiger partial charge on any atom is -1.00 e. The second-order valence-corrected chi connectivity index (χ2v) is 9.07. The van der Waals surface area contributed by atoms with Gasteiger partial charge in [-0.05, 0) is 31.2 Å². The lowest BCUT2D eigenvalue weighted by Crippen LogP contribution is -3.00. The van der Waals surface area contributed by atoms with Gasteiger partial charge < -0.3 is 48.0 Å². The van der Waals surface area contributed by atoms with Crippen molar-refractivity contribution in [2.24, 2.45) is 5.92 Å². The minimum absolute atomic E-state index is 0. The lowest BCUT2D eigenvalue weighted by Gasteiger charge is -2.49. The first-order valence-corrected chi connectivity index (χ1v) is 11.5. The standard InChI is InChI=1S/C25H32N3O5.HI/c1-4-32-24(29)18-6-5-7-20(14-18)27-23(19-8-9-22(31-3)26-15-19)25(30)33-21-16-28(2)12-10-17(21)11-13-28;/h5-9,14-15,17,21,23,27H,4,10-13,16H2,1-3H3;1H/q+1;/p-1/t17?,21-,23?,28?;/m0./s1. The molecule has 2 aromatic rings. The molecule has 3 fully saturated rings. The van der Waals surface area contributed by atoms with Gasteiger partial charge in [0.05, 0.1) is 39.4 Å². The van der Waals surface area contributed by atoms with Gasteiger partial charge in [0.15, 0.2) is 12.1 Å². The molecule has 0 aliphatic carbocycles. The van der Waals surface area contributed by atoms with E-state index in [4.69, 9.17) is 14.2 Å². The number of benzene rings is 1. The number of halogens is 1. The summed E-state index contributed by atoms with van der Waals surface area (Å²) in [6.07, 6.45) is 3.68. The van der Waals surface area contributed by atoms with Crippen molar-refractivity contribution in [1.82, 2.24) is 4.98 Å². The number of esters is 2. The largest absolute Gasteiger partial charge is 1.00 e. The summed E-state index contributed by atoms with van der Waals surface area (Å²) >= 11 is 0. The van der Waals surface area contributed by atoms with E-state index in [9.17, 15) is 9.59 Å². The van der Waals surface area contributed by atoms with E-state index in [1.165, 1.54) is 0 Å². The molecule has 9 heteroatoms. The molecule has 0 spiro atoms. The Morgan fingerprint density at radius 1 is 1.21 bits per heavy atom. The van der Waals surface area contributed by atoms with E-state index >= 15 is 0 Å². The number of nitrogens with zero attached hydrogens (tertiary/aromatic N) is 2. The number of aromatic nitrogens is 1. The molecule has 3 aliphatic heterocycles. The Morgan fingerprint density at radius 3 is 2.59 bits per heavy atom. The lowest BCUT2D eigenvalue weighted by atomic mass is 9.84. The van der Waals surface area contributed by atoms with E-state index in [0.717, 1.165) is 37.0 Å². The summed E-state index contributed by atoms with van der Waals surface area (Å²) in [4.78, 5) is 29.8. The number of pyridine rings is 1. The van der Waals surface area contributed by atoms with Crippen LogP contribution in [0.4, 0.5) is 5.69 Å². The van der Waals surface area contributed by atoms with Gasteiger partial charge in [-0.15, -0.1) is 0 Å². The smallest absolute Gasteiger partial charge is 0.338 e.